The number of aliphatic hydroxyl groups is 1. The number of allylic oxidation sites excluding steroid dienone is 4. The molecule has 36 heavy (non-hydrogen) atoms. The van der Waals surface area contributed by atoms with Gasteiger partial charge in [0.2, 0.25) is 0 Å². The van der Waals surface area contributed by atoms with Crippen LogP contribution < -0.4 is 0 Å². The molecule has 0 amide bonds. The lowest BCUT2D eigenvalue weighted by atomic mass is 9.34. The highest BCUT2D eigenvalue weighted by molar-refractivity contribution is 5.76. The summed E-state index contributed by atoms with van der Waals surface area (Å²) in [4.78, 5) is 12.9. The number of carbonyl (C=O) groups excluding carboxylic acids is 1. The maximum atomic E-state index is 12.9. The van der Waals surface area contributed by atoms with Crippen molar-refractivity contribution in [1.29, 1.82) is 5.26 Å². The molecule has 0 aliphatic heterocycles. The summed E-state index contributed by atoms with van der Waals surface area (Å²) in [6.45, 7) is 16.4. The number of nitriles is 1. The highest BCUT2D eigenvalue weighted by atomic mass is 16.5. The predicted molar refractivity (Wildman–Crippen MR) is 142 cm³/mol. The van der Waals surface area contributed by atoms with Crippen molar-refractivity contribution in [3.63, 3.8) is 0 Å². The van der Waals surface area contributed by atoms with Crippen molar-refractivity contribution in [2.45, 2.75) is 106 Å². The zero-order valence-corrected chi connectivity index (χ0v) is 23.9. The highest BCUT2D eigenvalue weighted by Gasteiger charge is 2.68. The third-order valence-electron chi connectivity index (χ3n) is 13.2. The molecule has 5 rings (SSSR count). The normalized spacial score (nSPS) is 49.4. The van der Waals surface area contributed by atoms with Gasteiger partial charge in [0.1, 0.15) is 5.76 Å². The summed E-state index contributed by atoms with van der Waals surface area (Å²) >= 11 is 0. The summed E-state index contributed by atoms with van der Waals surface area (Å²) in [6.07, 6.45) is 11.8. The molecule has 1 N–H and O–H groups in total. The van der Waals surface area contributed by atoms with Crippen molar-refractivity contribution in [3.8, 4) is 6.07 Å². The number of rotatable bonds is 1. The molecule has 4 nitrogen and oxygen atoms in total. The van der Waals surface area contributed by atoms with Gasteiger partial charge in [-0.3, -0.25) is 4.79 Å². The van der Waals surface area contributed by atoms with Crippen LogP contribution >= 0.6 is 0 Å². The Kier molecular flexibility index (Phi) is 5.49. The van der Waals surface area contributed by atoms with Gasteiger partial charge in [-0.05, 0) is 104 Å². The standard InChI is InChI=1S/C32H47NO3/c1-27(2)23-11-12-32(7)24(30(23,5)17-20(19-33)25(27)34)10-9-21-22-18-29(4,26(35)36-8)14-13-28(22,3)15-16-31(21,32)6/h9,22-24,34H,10-18H2,1-8H3/t22-,23-,24+,28+,29-,30-,31+,32+/m0/s1. The third kappa shape index (κ3) is 3.01. The zero-order chi connectivity index (χ0) is 26.5. The van der Waals surface area contributed by atoms with E-state index < -0.39 is 5.41 Å². The molecule has 0 bridgehead atoms. The number of carbonyl (C=O) groups is 1. The minimum Gasteiger partial charge on any atom is -0.511 e. The summed E-state index contributed by atoms with van der Waals surface area (Å²) in [5.41, 5.74) is 1.87. The molecule has 0 unspecified atom stereocenters. The van der Waals surface area contributed by atoms with Crippen LogP contribution in [0.5, 0.6) is 0 Å². The van der Waals surface area contributed by atoms with E-state index in [4.69, 9.17) is 4.74 Å². The van der Waals surface area contributed by atoms with Gasteiger partial charge in [-0.2, -0.15) is 5.26 Å². The van der Waals surface area contributed by atoms with Crippen LogP contribution in [0.2, 0.25) is 0 Å². The smallest absolute Gasteiger partial charge is 0.311 e. The molecule has 5 aliphatic carbocycles. The van der Waals surface area contributed by atoms with Crippen molar-refractivity contribution in [3.05, 3.63) is 23.0 Å². The largest absolute Gasteiger partial charge is 0.511 e. The first-order chi connectivity index (χ1) is 16.6. The molecule has 0 aromatic heterocycles. The van der Waals surface area contributed by atoms with E-state index in [0.717, 1.165) is 38.5 Å². The summed E-state index contributed by atoms with van der Waals surface area (Å²) in [7, 11) is 1.53. The SMILES string of the molecule is COC(=O)[C@@]1(C)CC[C@]2(C)CC[C@]3(C)C(=CC[C@@H]4[C@@]5(C)CC(C#N)=C(O)C(C)(C)[C@@H]5CC[C@]43C)[C@@H]2C1. The van der Waals surface area contributed by atoms with E-state index >= 15 is 0 Å². The van der Waals surface area contributed by atoms with Gasteiger partial charge in [-0.25, -0.2) is 0 Å². The minimum absolute atomic E-state index is 0.0212. The Morgan fingerprint density at radius 1 is 1.03 bits per heavy atom. The van der Waals surface area contributed by atoms with Crippen molar-refractivity contribution < 1.29 is 14.6 Å². The molecule has 0 aromatic rings. The minimum atomic E-state index is -0.406. The number of hydrogen-bond acceptors (Lipinski definition) is 4. The second kappa shape index (κ2) is 7.64. The number of aliphatic hydroxyl groups excluding tert-OH is 1. The first-order valence-corrected chi connectivity index (χ1v) is 14.2. The first-order valence-electron chi connectivity index (χ1n) is 14.2. The molecule has 0 radical (unpaired) electrons. The monoisotopic (exact) mass is 493 g/mol. The third-order valence-corrected chi connectivity index (χ3v) is 13.2. The van der Waals surface area contributed by atoms with E-state index in [0.29, 0.717) is 35.5 Å². The van der Waals surface area contributed by atoms with Crippen LogP contribution in [0.25, 0.3) is 0 Å². The molecule has 5 aliphatic rings. The van der Waals surface area contributed by atoms with Gasteiger partial charge < -0.3 is 9.84 Å². The van der Waals surface area contributed by atoms with Crippen LogP contribution in [-0.2, 0) is 9.53 Å². The van der Waals surface area contributed by atoms with Crippen molar-refractivity contribution in [2.75, 3.05) is 7.11 Å². The second-order valence-electron chi connectivity index (χ2n) is 15.1. The van der Waals surface area contributed by atoms with Crippen LogP contribution in [0.3, 0.4) is 0 Å². The maximum Gasteiger partial charge on any atom is 0.311 e. The van der Waals surface area contributed by atoms with Gasteiger partial charge in [-0.1, -0.05) is 53.2 Å². The molecule has 0 heterocycles. The van der Waals surface area contributed by atoms with E-state index in [9.17, 15) is 15.2 Å². The Balaban J connectivity index is 1.59. The lowest BCUT2D eigenvalue weighted by Gasteiger charge is -2.70. The van der Waals surface area contributed by atoms with E-state index in [1.807, 2.05) is 0 Å². The van der Waals surface area contributed by atoms with Crippen molar-refractivity contribution in [2.24, 2.45) is 50.2 Å². The van der Waals surface area contributed by atoms with Crippen molar-refractivity contribution >= 4 is 5.97 Å². The molecular weight excluding hydrogens is 446 g/mol. The van der Waals surface area contributed by atoms with E-state index in [1.165, 1.54) is 20.0 Å². The van der Waals surface area contributed by atoms with Crippen LogP contribution in [0, 0.1) is 61.6 Å². The molecule has 0 aromatic carbocycles. The summed E-state index contributed by atoms with van der Waals surface area (Å²) < 4.78 is 5.28. The number of fused-ring (bicyclic) bond motifs is 7. The second-order valence-corrected chi connectivity index (χ2v) is 15.1. The number of ether oxygens (including phenoxy) is 1. The molecule has 4 heteroatoms. The van der Waals surface area contributed by atoms with Gasteiger partial charge in [-0.15, -0.1) is 0 Å². The molecule has 3 fully saturated rings. The fourth-order valence-corrected chi connectivity index (χ4v) is 10.7. The zero-order valence-electron chi connectivity index (χ0n) is 23.9. The lowest BCUT2D eigenvalue weighted by molar-refractivity contribution is -0.172. The summed E-state index contributed by atoms with van der Waals surface area (Å²) in [5, 5.41) is 21.0. The Labute approximate surface area is 218 Å². The van der Waals surface area contributed by atoms with Gasteiger partial charge in [0.15, 0.2) is 0 Å². The highest BCUT2D eigenvalue weighted by Crippen LogP contribution is 2.75. The number of hydrogen-bond donors (Lipinski definition) is 1. The lowest BCUT2D eigenvalue weighted by Crippen LogP contribution is -2.63. The molecule has 8 atom stereocenters. The van der Waals surface area contributed by atoms with Gasteiger partial charge in [0.05, 0.1) is 24.2 Å². The topological polar surface area (TPSA) is 70.3 Å². The van der Waals surface area contributed by atoms with Crippen LogP contribution in [0.15, 0.2) is 23.0 Å². The van der Waals surface area contributed by atoms with E-state index in [-0.39, 0.29) is 33.0 Å². The first kappa shape index (κ1) is 25.9. The Hall–Kier alpha value is -1.76. The average Bonchev–Trinajstić information content (AvgIpc) is 2.82. The fraction of sp³-hybridized carbons (Fsp3) is 0.812. The molecule has 0 spiro atoms. The van der Waals surface area contributed by atoms with Gasteiger partial charge in [0, 0.05) is 5.41 Å². The summed E-state index contributed by atoms with van der Waals surface area (Å²) in [5.74, 6) is 1.52. The maximum absolute atomic E-state index is 12.9. The quantitative estimate of drug-likeness (QED) is 0.298. The molecule has 198 valence electrons. The summed E-state index contributed by atoms with van der Waals surface area (Å²) in [6, 6.07) is 2.38. The molecular formula is C32H47NO3. The number of methoxy groups -OCH3 is 1. The Bertz CT molecular complexity index is 1100. The average molecular weight is 494 g/mol. The number of nitrogens with zero attached hydrogens (tertiary/aromatic N) is 1. The van der Waals surface area contributed by atoms with Gasteiger partial charge >= 0.3 is 5.97 Å². The Morgan fingerprint density at radius 3 is 2.33 bits per heavy atom. The fourth-order valence-electron chi connectivity index (χ4n) is 10.7. The van der Waals surface area contributed by atoms with Crippen LogP contribution in [-0.4, -0.2) is 18.2 Å². The van der Waals surface area contributed by atoms with Crippen LogP contribution in [0.1, 0.15) is 106 Å². The van der Waals surface area contributed by atoms with Crippen LogP contribution in [0.4, 0.5) is 0 Å². The molecule has 3 saturated carbocycles. The van der Waals surface area contributed by atoms with Gasteiger partial charge in [0.25, 0.3) is 0 Å². The predicted octanol–water partition coefficient (Wildman–Crippen LogP) is 7.91. The van der Waals surface area contributed by atoms with E-state index in [1.54, 1.807) is 5.57 Å². The number of esters is 1. The van der Waals surface area contributed by atoms with E-state index in [2.05, 4.69) is 60.6 Å². The molecule has 0 saturated heterocycles. The van der Waals surface area contributed by atoms with Crippen molar-refractivity contribution in [1.82, 2.24) is 0 Å². The Morgan fingerprint density at radius 2 is 1.69 bits per heavy atom.